The van der Waals surface area contributed by atoms with Gasteiger partial charge in [-0.25, -0.2) is 0 Å². The minimum absolute atomic E-state index is 0.387. The number of hydrogen-bond acceptors (Lipinski definition) is 6. The molecule has 35 heavy (non-hydrogen) atoms. The molecule has 6 heteroatoms. The predicted octanol–water partition coefficient (Wildman–Crippen LogP) is 6.21. The molecule has 1 N–H and O–H groups in total. The molecule has 0 fully saturated rings. The molecule has 1 atom stereocenters. The summed E-state index contributed by atoms with van der Waals surface area (Å²) in [7, 11) is 7.83. The summed E-state index contributed by atoms with van der Waals surface area (Å²) in [6.45, 7) is 5.80. The minimum Gasteiger partial charge on any atom is -0.497 e. The molecular weight excluding hydrogens is 444 g/mol. The number of aliphatic hydroxyl groups is 1. The van der Waals surface area contributed by atoms with Crippen LogP contribution >= 0.6 is 0 Å². The summed E-state index contributed by atoms with van der Waals surface area (Å²) in [6.07, 6.45) is 11.0. The van der Waals surface area contributed by atoms with E-state index in [1.165, 1.54) is 0 Å². The standard InChI is InChI=1S/C29H38O6/c1-8-9-10-11-12-13-21(2)16-17-29(30,24-20-23(31-3)14-15-25(24)32-4)22-18-26(33-5)28(35-7)27(19-22)34-6/h8,11-15,18-20,30H,1,9-10,16-17H2,2-7H3. The summed E-state index contributed by atoms with van der Waals surface area (Å²) in [5.74, 6) is 2.54. The molecule has 1 unspecified atom stereocenters. The van der Waals surface area contributed by atoms with E-state index in [1.807, 2.05) is 12.2 Å². The Kier molecular flexibility index (Phi) is 10.7. The Bertz CT molecular complexity index is 1010. The monoisotopic (exact) mass is 482 g/mol. The van der Waals surface area contributed by atoms with Crippen molar-refractivity contribution in [2.45, 2.75) is 38.2 Å². The molecule has 2 aromatic carbocycles. The van der Waals surface area contributed by atoms with Crippen LogP contribution in [0.2, 0.25) is 0 Å². The van der Waals surface area contributed by atoms with Crippen LogP contribution in [-0.2, 0) is 5.60 Å². The predicted molar refractivity (Wildman–Crippen MR) is 140 cm³/mol. The second kappa shape index (κ2) is 13.5. The van der Waals surface area contributed by atoms with E-state index in [0.29, 0.717) is 52.7 Å². The maximum atomic E-state index is 12.3. The minimum atomic E-state index is -1.44. The summed E-state index contributed by atoms with van der Waals surface area (Å²) in [4.78, 5) is 0. The Balaban J connectivity index is 2.61. The number of unbranched alkanes of at least 4 members (excludes halogenated alkanes) is 1. The molecule has 2 aromatic rings. The highest BCUT2D eigenvalue weighted by Gasteiger charge is 2.36. The highest BCUT2D eigenvalue weighted by atomic mass is 16.5. The van der Waals surface area contributed by atoms with Gasteiger partial charge in [0.05, 0.1) is 35.5 Å². The first-order chi connectivity index (χ1) is 16.9. The molecule has 0 aliphatic heterocycles. The summed E-state index contributed by atoms with van der Waals surface area (Å²) in [5.41, 5.74) is 0.873. The summed E-state index contributed by atoms with van der Waals surface area (Å²) in [6, 6.07) is 8.94. The van der Waals surface area contributed by atoms with Crippen LogP contribution in [0.25, 0.3) is 0 Å². The lowest BCUT2D eigenvalue weighted by molar-refractivity contribution is 0.0676. The van der Waals surface area contributed by atoms with Gasteiger partial charge in [-0.15, -0.1) is 6.58 Å². The Labute approximate surface area is 209 Å². The van der Waals surface area contributed by atoms with E-state index >= 15 is 0 Å². The van der Waals surface area contributed by atoms with Gasteiger partial charge in [0.25, 0.3) is 0 Å². The number of ether oxygens (including phenoxy) is 5. The maximum absolute atomic E-state index is 12.3. The Morgan fingerprint density at radius 1 is 0.886 bits per heavy atom. The molecule has 0 saturated heterocycles. The quantitative estimate of drug-likeness (QED) is 0.196. The molecule has 0 amide bonds. The van der Waals surface area contributed by atoms with Gasteiger partial charge in [-0.3, -0.25) is 0 Å². The molecule has 0 spiro atoms. The third-order valence-corrected chi connectivity index (χ3v) is 5.93. The van der Waals surface area contributed by atoms with Gasteiger partial charge in [0.2, 0.25) is 5.75 Å². The Morgan fingerprint density at radius 3 is 2.09 bits per heavy atom. The molecule has 0 aliphatic rings. The van der Waals surface area contributed by atoms with Crippen LogP contribution in [-0.4, -0.2) is 40.7 Å². The van der Waals surface area contributed by atoms with Crippen LogP contribution in [0.15, 0.2) is 66.8 Å². The average molecular weight is 483 g/mol. The van der Waals surface area contributed by atoms with Crippen molar-refractivity contribution < 1.29 is 28.8 Å². The van der Waals surface area contributed by atoms with Gasteiger partial charge in [-0.05, 0) is 68.5 Å². The van der Waals surface area contributed by atoms with E-state index < -0.39 is 5.60 Å². The van der Waals surface area contributed by atoms with Gasteiger partial charge in [0.15, 0.2) is 11.5 Å². The number of benzene rings is 2. The van der Waals surface area contributed by atoms with E-state index in [9.17, 15) is 5.11 Å². The third kappa shape index (κ3) is 6.83. The normalized spacial score (nSPS) is 13.3. The molecule has 6 nitrogen and oxygen atoms in total. The van der Waals surface area contributed by atoms with Crippen LogP contribution in [0.3, 0.4) is 0 Å². The van der Waals surface area contributed by atoms with E-state index in [4.69, 9.17) is 23.7 Å². The second-order valence-corrected chi connectivity index (χ2v) is 8.15. The van der Waals surface area contributed by atoms with Gasteiger partial charge in [0, 0.05) is 5.56 Å². The van der Waals surface area contributed by atoms with Crippen LogP contribution in [0.5, 0.6) is 28.7 Å². The fourth-order valence-corrected chi connectivity index (χ4v) is 3.90. The van der Waals surface area contributed by atoms with Gasteiger partial charge in [-0.1, -0.05) is 29.9 Å². The zero-order valence-corrected chi connectivity index (χ0v) is 21.7. The SMILES string of the molecule is C=CCCC=CC=C(C)CCC(O)(c1cc(OC)c(OC)c(OC)c1)c1cc(OC)ccc1OC. The van der Waals surface area contributed by atoms with E-state index in [-0.39, 0.29) is 0 Å². The second-order valence-electron chi connectivity index (χ2n) is 8.15. The number of allylic oxidation sites excluding steroid dienone is 5. The first-order valence-corrected chi connectivity index (χ1v) is 11.6. The highest BCUT2D eigenvalue weighted by molar-refractivity contribution is 5.58. The fraction of sp³-hybridized carbons (Fsp3) is 0.379. The third-order valence-electron chi connectivity index (χ3n) is 5.93. The number of rotatable bonds is 14. The van der Waals surface area contributed by atoms with Crippen molar-refractivity contribution in [1.29, 1.82) is 0 Å². The first-order valence-electron chi connectivity index (χ1n) is 11.6. The smallest absolute Gasteiger partial charge is 0.203 e. The molecule has 0 aliphatic carbocycles. The van der Waals surface area contributed by atoms with E-state index in [1.54, 1.807) is 65.9 Å². The average Bonchev–Trinajstić information content (AvgIpc) is 2.90. The molecule has 2 rings (SSSR count). The van der Waals surface area contributed by atoms with Crippen molar-refractivity contribution >= 4 is 0 Å². The molecule has 0 radical (unpaired) electrons. The highest BCUT2D eigenvalue weighted by Crippen LogP contribution is 2.47. The van der Waals surface area contributed by atoms with Gasteiger partial charge < -0.3 is 28.8 Å². The number of methoxy groups -OCH3 is 5. The van der Waals surface area contributed by atoms with Crippen molar-refractivity contribution in [3.05, 3.63) is 77.9 Å². The summed E-state index contributed by atoms with van der Waals surface area (Å²) >= 11 is 0. The van der Waals surface area contributed by atoms with E-state index in [2.05, 4.69) is 25.7 Å². The zero-order valence-electron chi connectivity index (χ0n) is 21.7. The van der Waals surface area contributed by atoms with Crippen LogP contribution in [0, 0.1) is 0 Å². The molecule has 0 aromatic heterocycles. The van der Waals surface area contributed by atoms with Crippen LogP contribution < -0.4 is 23.7 Å². The molecule has 0 saturated carbocycles. The summed E-state index contributed by atoms with van der Waals surface area (Å²) in [5, 5.41) is 12.3. The Morgan fingerprint density at radius 2 is 1.54 bits per heavy atom. The fourth-order valence-electron chi connectivity index (χ4n) is 3.90. The summed E-state index contributed by atoms with van der Waals surface area (Å²) < 4.78 is 27.7. The molecule has 190 valence electrons. The van der Waals surface area contributed by atoms with Crippen LogP contribution in [0.1, 0.15) is 43.7 Å². The van der Waals surface area contributed by atoms with Crippen molar-refractivity contribution in [2.75, 3.05) is 35.5 Å². The lowest BCUT2D eigenvalue weighted by atomic mass is 9.80. The van der Waals surface area contributed by atoms with Crippen molar-refractivity contribution in [3.8, 4) is 28.7 Å². The van der Waals surface area contributed by atoms with Gasteiger partial charge in [-0.2, -0.15) is 0 Å². The van der Waals surface area contributed by atoms with Gasteiger partial charge >= 0.3 is 0 Å². The van der Waals surface area contributed by atoms with Gasteiger partial charge in [0.1, 0.15) is 17.1 Å². The Hall–Kier alpha value is -3.38. The lowest BCUT2D eigenvalue weighted by Crippen LogP contribution is -2.28. The first kappa shape index (κ1) is 27.9. The van der Waals surface area contributed by atoms with Crippen molar-refractivity contribution in [3.63, 3.8) is 0 Å². The molecular formula is C29H38O6. The van der Waals surface area contributed by atoms with Crippen molar-refractivity contribution in [2.24, 2.45) is 0 Å². The molecule has 0 bridgehead atoms. The van der Waals surface area contributed by atoms with E-state index in [0.717, 1.165) is 18.4 Å². The van der Waals surface area contributed by atoms with Crippen molar-refractivity contribution in [1.82, 2.24) is 0 Å². The number of hydrogen-bond donors (Lipinski definition) is 1. The zero-order chi connectivity index (χ0) is 25.8. The lowest BCUT2D eigenvalue weighted by Gasteiger charge is -2.32. The molecule has 0 heterocycles. The van der Waals surface area contributed by atoms with Crippen LogP contribution in [0.4, 0.5) is 0 Å². The largest absolute Gasteiger partial charge is 0.497 e. The maximum Gasteiger partial charge on any atom is 0.203 e. The topological polar surface area (TPSA) is 66.4 Å².